The van der Waals surface area contributed by atoms with Crippen LogP contribution in [0.3, 0.4) is 0 Å². The number of rotatable bonds is 2. The van der Waals surface area contributed by atoms with E-state index in [1.807, 2.05) is 18.2 Å². The molecular formula is C11H14ClNO2S. The molecule has 0 bridgehead atoms. The lowest BCUT2D eigenvalue weighted by Gasteiger charge is -2.30. The van der Waals surface area contributed by atoms with Crippen molar-refractivity contribution in [1.82, 2.24) is 4.31 Å². The predicted molar refractivity (Wildman–Crippen MR) is 64.7 cm³/mol. The van der Waals surface area contributed by atoms with Crippen molar-refractivity contribution >= 4 is 19.9 Å². The number of aryl methyl sites for hydroxylation is 1. The Morgan fingerprint density at radius 2 is 2.06 bits per heavy atom. The summed E-state index contributed by atoms with van der Waals surface area (Å²) < 4.78 is 23.9. The van der Waals surface area contributed by atoms with Gasteiger partial charge in [-0.1, -0.05) is 24.3 Å². The van der Waals surface area contributed by atoms with E-state index in [4.69, 9.17) is 10.7 Å². The highest BCUT2D eigenvalue weighted by Crippen LogP contribution is 2.35. The molecule has 1 aliphatic carbocycles. The maximum absolute atomic E-state index is 11.3. The SMILES string of the molecule is CN(C1CCCc2ccccc21)S(=O)(=O)Cl. The first kappa shape index (κ1) is 11.9. The molecule has 2 rings (SSSR count). The minimum atomic E-state index is -3.64. The second-order valence-corrected chi connectivity index (χ2v) is 6.64. The van der Waals surface area contributed by atoms with Crippen LogP contribution in [0.15, 0.2) is 24.3 Å². The van der Waals surface area contributed by atoms with Gasteiger partial charge in [0.2, 0.25) is 0 Å². The van der Waals surface area contributed by atoms with Crippen LogP contribution >= 0.6 is 10.7 Å². The molecule has 3 nitrogen and oxygen atoms in total. The van der Waals surface area contributed by atoms with Crippen LogP contribution in [0, 0.1) is 0 Å². The second-order valence-electron chi connectivity index (χ2n) is 4.07. The van der Waals surface area contributed by atoms with Crippen molar-refractivity contribution in [2.24, 2.45) is 0 Å². The Hall–Kier alpha value is -0.580. The summed E-state index contributed by atoms with van der Waals surface area (Å²) in [5, 5.41) is 0. The summed E-state index contributed by atoms with van der Waals surface area (Å²) in [5.41, 5.74) is 2.31. The van der Waals surface area contributed by atoms with Crippen molar-refractivity contribution in [3.8, 4) is 0 Å². The van der Waals surface area contributed by atoms with Gasteiger partial charge in [0.25, 0.3) is 9.24 Å². The molecule has 0 radical (unpaired) electrons. The zero-order valence-electron chi connectivity index (χ0n) is 9.06. The summed E-state index contributed by atoms with van der Waals surface area (Å²) >= 11 is 0. The number of hydrogen-bond donors (Lipinski definition) is 0. The predicted octanol–water partition coefficient (Wildman–Crippen LogP) is 2.48. The number of halogens is 1. The molecule has 16 heavy (non-hydrogen) atoms. The lowest BCUT2D eigenvalue weighted by molar-refractivity contribution is 0.343. The number of hydrogen-bond acceptors (Lipinski definition) is 2. The molecule has 0 aromatic heterocycles. The smallest absolute Gasteiger partial charge is 0.195 e. The molecule has 1 aromatic carbocycles. The van der Waals surface area contributed by atoms with Crippen LogP contribution in [0.5, 0.6) is 0 Å². The van der Waals surface area contributed by atoms with Gasteiger partial charge in [0.05, 0.1) is 6.04 Å². The van der Waals surface area contributed by atoms with E-state index in [-0.39, 0.29) is 6.04 Å². The molecule has 0 heterocycles. The quantitative estimate of drug-likeness (QED) is 0.766. The fraction of sp³-hybridized carbons (Fsp3) is 0.455. The van der Waals surface area contributed by atoms with Crippen LogP contribution in [0.25, 0.3) is 0 Å². The Bertz CT molecular complexity index is 487. The Labute approximate surface area is 101 Å². The number of benzene rings is 1. The fourth-order valence-corrected chi connectivity index (χ4v) is 3.07. The van der Waals surface area contributed by atoms with Gasteiger partial charge in [0.1, 0.15) is 0 Å². The normalized spacial score (nSPS) is 20.8. The van der Waals surface area contributed by atoms with Crippen LogP contribution < -0.4 is 0 Å². The Morgan fingerprint density at radius 1 is 1.38 bits per heavy atom. The van der Waals surface area contributed by atoms with E-state index in [2.05, 4.69) is 6.07 Å². The average molecular weight is 260 g/mol. The molecule has 1 aromatic rings. The van der Waals surface area contributed by atoms with Gasteiger partial charge in [-0.05, 0) is 30.4 Å². The van der Waals surface area contributed by atoms with Crippen LogP contribution in [0.4, 0.5) is 0 Å². The molecule has 1 atom stereocenters. The van der Waals surface area contributed by atoms with Crippen molar-refractivity contribution in [1.29, 1.82) is 0 Å². The summed E-state index contributed by atoms with van der Waals surface area (Å²) in [6.45, 7) is 0. The standard InChI is InChI=1S/C11H14ClNO2S/c1-13(16(12,14)15)11-8-4-6-9-5-2-3-7-10(9)11/h2-3,5,7,11H,4,6,8H2,1H3. The lowest BCUT2D eigenvalue weighted by atomic mass is 9.88. The van der Waals surface area contributed by atoms with Gasteiger partial charge in [0.15, 0.2) is 0 Å². The summed E-state index contributed by atoms with van der Waals surface area (Å²) in [6, 6.07) is 7.84. The van der Waals surface area contributed by atoms with E-state index in [1.165, 1.54) is 16.9 Å². The zero-order chi connectivity index (χ0) is 11.8. The Kier molecular flexibility index (Phi) is 3.24. The van der Waals surface area contributed by atoms with Crippen LogP contribution in [-0.4, -0.2) is 19.8 Å². The van der Waals surface area contributed by atoms with Crippen LogP contribution in [0.1, 0.15) is 30.0 Å². The number of fused-ring (bicyclic) bond motifs is 1. The van der Waals surface area contributed by atoms with Crippen molar-refractivity contribution in [2.75, 3.05) is 7.05 Å². The summed E-state index contributed by atoms with van der Waals surface area (Å²) in [4.78, 5) is 0. The highest BCUT2D eigenvalue weighted by molar-refractivity contribution is 8.11. The Morgan fingerprint density at radius 3 is 2.75 bits per heavy atom. The van der Waals surface area contributed by atoms with Crippen molar-refractivity contribution in [3.05, 3.63) is 35.4 Å². The van der Waals surface area contributed by atoms with Crippen LogP contribution in [0.2, 0.25) is 0 Å². The lowest BCUT2D eigenvalue weighted by Crippen LogP contribution is -2.30. The topological polar surface area (TPSA) is 37.4 Å². The largest absolute Gasteiger partial charge is 0.300 e. The summed E-state index contributed by atoms with van der Waals surface area (Å²) in [5.74, 6) is 0. The van der Waals surface area contributed by atoms with Gasteiger partial charge < -0.3 is 0 Å². The molecule has 0 saturated carbocycles. The fourth-order valence-electron chi connectivity index (χ4n) is 2.26. The van der Waals surface area contributed by atoms with Gasteiger partial charge >= 0.3 is 0 Å². The second kappa shape index (κ2) is 4.35. The molecule has 0 saturated heterocycles. The van der Waals surface area contributed by atoms with Gasteiger partial charge in [-0.3, -0.25) is 0 Å². The van der Waals surface area contributed by atoms with E-state index < -0.39 is 9.24 Å². The summed E-state index contributed by atoms with van der Waals surface area (Å²) in [7, 11) is 3.28. The molecule has 0 amide bonds. The third kappa shape index (κ3) is 2.24. The molecule has 0 spiro atoms. The molecule has 5 heteroatoms. The molecule has 88 valence electrons. The van der Waals surface area contributed by atoms with Gasteiger partial charge in [-0.25, -0.2) is 0 Å². The van der Waals surface area contributed by atoms with Gasteiger partial charge in [-0.2, -0.15) is 12.7 Å². The van der Waals surface area contributed by atoms with Crippen molar-refractivity contribution < 1.29 is 8.42 Å². The third-order valence-electron chi connectivity index (χ3n) is 3.12. The third-order valence-corrected chi connectivity index (χ3v) is 4.72. The highest BCUT2D eigenvalue weighted by atomic mass is 35.7. The molecule has 0 fully saturated rings. The Balaban J connectivity index is 2.39. The minimum absolute atomic E-state index is 0.118. The molecule has 1 aliphatic rings. The van der Waals surface area contributed by atoms with E-state index in [1.54, 1.807) is 0 Å². The maximum Gasteiger partial charge on any atom is 0.300 e. The first-order valence-corrected chi connectivity index (χ1v) is 7.52. The van der Waals surface area contributed by atoms with E-state index in [0.717, 1.165) is 24.8 Å². The van der Waals surface area contributed by atoms with E-state index >= 15 is 0 Å². The maximum atomic E-state index is 11.3. The van der Waals surface area contributed by atoms with Gasteiger partial charge in [-0.15, -0.1) is 0 Å². The zero-order valence-corrected chi connectivity index (χ0v) is 10.6. The average Bonchev–Trinajstić information content (AvgIpc) is 2.26. The highest BCUT2D eigenvalue weighted by Gasteiger charge is 2.29. The first-order valence-electron chi connectivity index (χ1n) is 5.25. The van der Waals surface area contributed by atoms with Crippen molar-refractivity contribution in [3.63, 3.8) is 0 Å². The molecule has 0 aliphatic heterocycles. The molecule has 0 N–H and O–H groups in total. The van der Waals surface area contributed by atoms with Crippen LogP contribution in [-0.2, 0) is 15.7 Å². The van der Waals surface area contributed by atoms with Gasteiger partial charge in [0, 0.05) is 17.7 Å². The van der Waals surface area contributed by atoms with E-state index in [0.29, 0.717) is 0 Å². The van der Waals surface area contributed by atoms with Crippen molar-refractivity contribution in [2.45, 2.75) is 25.3 Å². The minimum Gasteiger partial charge on any atom is -0.195 e. The first-order chi connectivity index (χ1) is 7.50. The molecule has 1 unspecified atom stereocenters. The monoisotopic (exact) mass is 259 g/mol. The van der Waals surface area contributed by atoms with E-state index in [9.17, 15) is 8.42 Å². The summed E-state index contributed by atoms with van der Waals surface area (Å²) in [6.07, 6.45) is 2.85. The molecular weight excluding hydrogens is 246 g/mol. The number of nitrogens with zero attached hydrogens (tertiary/aromatic N) is 1.